The molecule has 0 bridgehead atoms. The van der Waals surface area contributed by atoms with Gasteiger partial charge in [-0.05, 0) is 48.4 Å². The summed E-state index contributed by atoms with van der Waals surface area (Å²) in [5.41, 5.74) is 6.72. The predicted molar refractivity (Wildman–Crippen MR) is 113 cm³/mol. The highest BCUT2D eigenvalue weighted by atomic mass is 79.9. The lowest BCUT2D eigenvalue weighted by atomic mass is 10.1. The van der Waals surface area contributed by atoms with Crippen LogP contribution in [0.4, 0.5) is 5.69 Å². The van der Waals surface area contributed by atoms with Crippen LogP contribution in [0.1, 0.15) is 5.56 Å². The van der Waals surface area contributed by atoms with Gasteiger partial charge in [0.1, 0.15) is 16.7 Å². The van der Waals surface area contributed by atoms with E-state index < -0.39 is 11.2 Å². The number of benzene rings is 2. The van der Waals surface area contributed by atoms with Crippen molar-refractivity contribution in [3.63, 3.8) is 0 Å². The Morgan fingerprint density at radius 2 is 1.67 bits per heavy atom. The van der Waals surface area contributed by atoms with E-state index in [-0.39, 0.29) is 16.5 Å². The molecule has 2 aromatic rings. The topological polar surface area (TPSA) is 87.2 Å². The Bertz CT molecular complexity index is 966. The first kappa shape index (κ1) is 19.7. The first-order valence-corrected chi connectivity index (χ1v) is 10.3. The number of rotatable bonds is 4. The summed E-state index contributed by atoms with van der Waals surface area (Å²) in [5, 5.41) is 9.21. The Hall–Kier alpha value is -2.08. The number of carbonyl (C=O) groups is 2. The van der Waals surface area contributed by atoms with E-state index in [4.69, 9.17) is 5.73 Å². The number of thioether (sulfide) groups is 1. The number of amides is 2. The van der Waals surface area contributed by atoms with Gasteiger partial charge < -0.3 is 5.73 Å². The van der Waals surface area contributed by atoms with E-state index in [0.29, 0.717) is 12.1 Å². The van der Waals surface area contributed by atoms with Crippen LogP contribution in [0.3, 0.4) is 0 Å². The van der Waals surface area contributed by atoms with E-state index in [1.54, 1.807) is 24.3 Å². The molecule has 0 aromatic heterocycles. The van der Waals surface area contributed by atoms with Gasteiger partial charge >= 0.3 is 0 Å². The van der Waals surface area contributed by atoms with Gasteiger partial charge in [-0.1, -0.05) is 55.8 Å². The van der Waals surface area contributed by atoms with Crippen molar-refractivity contribution in [2.75, 3.05) is 4.90 Å². The van der Waals surface area contributed by atoms with Gasteiger partial charge in [-0.15, -0.1) is 0 Å². The summed E-state index contributed by atoms with van der Waals surface area (Å²) in [6.45, 7) is 0. The van der Waals surface area contributed by atoms with Gasteiger partial charge in [-0.25, -0.2) is 0 Å². The van der Waals surface area contributed by atoms with Crippen LogP contribution < -0.4 is 10.6 Å². The fourth-order valence-electron chi connectivity index (χ4n) is 2.66. The fraction of sp³-hybridized carbons (Fsp3) is 0.105. The maximum Gasteiger partial charge on any atom is 0.262 e. The van der Waals surface area contributed by atoms with Crippen LogP contribution in [0.15, 0.2) is 68.1 Å². The molecular formula is C19H13Br2N3O2S. The minimum Gasteiger partial charge on any atom is -0.365 e. The van der Waals surface area contributed by atoms with Crippen molar-refractivity contribution in [3.05, 3.63) is 73.6 Å². The molecule has 1 unspecified atom stereocenters. The first-order valence-electron chi connectivity index (χ1n) is 7.85. The highest BCUT2D eigenvalue weighted by Crippen LogP contribution is 2.42. The third-order valence-corrected chi connectivity index (χ3v) is 6.26. The molecule has 0 radical (unpaired) electrons. The van der Waals surface area contributed by atoms with E-state index in [1.807, 2.05) is 30.3 Å². The molecule has 1 aliphatic heterocycles. The number of halogens is 2. The number of hydrogen-bond acceptors (Lipinski definition) is 4. The molecule has 3 rings (SSSR count). The monoisotopic (exact) mass is 505 g/mol. The second-order valence-electron chi connectivity index (χ2n) is 5.74. The lowest BCUT2D eigenvalue weighted by Crippen LogP contribution is -2.31. The van der Waals surface area contributed by atoms with Gasteiger partial charge in [0.2, 0.25) is 5.91 Å². The molecule has 2 N–H and O–H groups in total. The van der Waals surface area contributed by atoms with Crippen LogP contribution in [0.5, 0.6) is 0 Å². The molecule has 1 aliphatic rings. The summed E-state index contributed by atoms with van der Waals surface area (Å²) in [6.07, 6.45) is 0.477. The second kappa shape index (κ2) is 8.30. The molecule has 1 atom stereocenters. The van der Waals surface area contributed by atoms with Crippen LogP contribution in [0.25, 0.3) is 0 Å². The van der Waals surface area contributed by atoms with Crippen LogP contribution in [-0.4, -0.2) is 17.1 Å². The standard InChI is InChI=1S/C19H13Br2N3O2S/c20-12-3-1-11(2-4-12)9-16-18(26)24(14-7-5-13(21)6-8-14)19(27-16)15(10-22)17(23)25/h1-8,16H,9H2,(H2,23,25). The zero-order chi connectivity index (χ0) is 19.6. The number of nitrogens with zero attached hydrogens (tertiary/aromatic N) is 2. The molecule has 0 aliphatic carbocycles. The number of nitriles is 1. The first-order chi connectivity index (χ1) is 12.9. The Morgan fingerprint density at radius 1 is 1.11 bits per heavy atom. The van der Waals surface area contributed by atoms with Gasteiger partial charge in [-0.3, -0.25) is 14.5 Å². The number of primary amides is 1. The smallest absolute Gasteiger partial charge is 0.262 e. The average molecular weight is 507 g/mol. The van der Waals surface area contributed by atoms with Gasteiger partial charge in [0.05, 0.1) is 5.25 Å². The minimum atomic E-state index is -0.848. The van der Waals surface area contributed by atoms with Crippen LogP contribution in [0, 0.1) is 11.3 Å². The summed E-state index contributed by atoms with van der Waals surface area (Å²) in [5.74, 6) is -1.03. The lowest BCUT2D eigenvalue weighted by Gasteiger charge is -2.18. The number of hydrogen-bond donors (Lipinski definition) is 1. The Balaban J connectivity index is 2.01. The van der Waals surface area contributed by atoms with Crippen molar-refractivity contribution in [3.8, 4) is 6.07 Å². The molecule has 8 heteroatoms. The van der Waals surface area contributed by atoms with Crippen molar-refractivity contribution in [2.24, 2.45) is 5.73 Å². The van der Waals surface area contributed by atoms with Gasteiger partial charge in [0.15, 0.2) is 0 Å². The largest absolute Gasteiger partial charge is 0.365 e. The Kier molecular flexibility index (Phi) is 6.05. The van der Waals surface area contributed by atoms with Crippen LogP contribution in [0.2, 0.25) is 0 Å². The highest BCUT2D eigenvalue weighted by molar-refractivity contribution is 9.10. The Morgan fingerprint density at radius 3 is 2.19 bits per heavy atom. The fourth-order valence-corrected chi connectivity index (χ4v) is 4.50. The van der Waals surface area contributed by atoms with E-state index in [1.165, 1.54) is 16.7 Å². The van der Waals surface area contributed by atoms with Gasteiger partial charge in [-0.2, -0.15) is 5.26 Å². The molecule has 136 valence electrons. The van der Waals surface area contributed by atoms with Crippen molar-refractivity contribution in [1.82, 2.24) is 0 Å². The highest BCUT2D eigenvalue weighted by Gasteiger charge is 2.40. The van der Waals surface area contributed by atoms with E-state index in [9.17, 15) is 14.9 Å². The van der Waals surface area contributed by atoms with Crippen molar-refractivity contribution in [1.29, 1.82) is 5.26 Å². The van der Waals surface area contributed by atoms with Crippen LogP contribution in [-0.2, 0) is 16.0 Å². The van der Waals surface area contributed by atoms with Gasteiger partial charge in [0.25, 0.3) is 5.91 Å². The van der Waals surface area contributed by atoms with Crippen LogP contribution >= 0.6 is 43.6 Å². The van der Waals surface area contributed by atoms with E-state index in [0.717, 1.165) is 14.5 Å². The maximum atomic E-state index is 13.1. The molecule has 5 nitrogen and oxygen atoms in total. The number of carbonyl (C=O) groups excluding carboxylic acids is 2. The summed E-state index contributed by atoms with van der Waals surface area (Å²) in [7, 11) is 0. The zero-order valence-corrected chi connectivity index (χ0v) is 17.8. The predicted octanol–water partition coefficient (Wildman–Crippen LogP) is 4.12. The summed E-state index contributed by atoms with van der Waals surface area (Å²) in [6, 6.07) is 16.6. The summed E-state index contributed by atoms with van der Waals surface area (Å²) in [4.78, 5) is 26.2. The molecule has 1 fully saturated rings. The molecule has 1 heterocycles. The molecule has 2 amide bonds. The normalized spacial score (nSPS) is 18.3. The summed E-state index contributed by atoms with van der Waals surface area (Å²) < 4.78 is 1.81. The van der Waals surface area contributed by atoms with Gasteiger partial charge in [0, 0.05) is 14.6 Å². The van der Waals surface area contributed by atoms with Crippen molar-refractivity contribution in [2.45, 2.75) is 11.7 Å². The molecular weight excluding hydrogens is 494 g/mol. The quantitative estimate of drug-likeness (QED) is 0.499. The third-order valence-electron chi connectivity index (χ3n) is 3.94. The summed E-state index contributed by atoms with van der Waals surface area (Å²) >= 11 is 7.95. The SMILES string of the molecule is N#CC(C(N)=O)=C1SC(Cc2ccc(Br)cc2)C(=O)N1c1ccc(Br)cc1. The van der Waals surface area contributed by atoms with Crippen molar-refractivity contribution >= 4 is 61.1 Å². The molecule has 2 aromatic carbocycles. The second-order valence-corrected chi connectivity index (χ2v) is 8.77. The molecule has 0 saturated carbocycles. The lowest BCUT2D eigenvalue weighted by molar-refractivity contribution is -0.117. The Labute approximate surface area is 177 Å². The van der Waals surface area contributed by atoms with Crippen molar-refractivity contribution < 1.29 is 9.59 Å². The molecule has 27 heavy (non-hydrogen) atoms. The van der Waals surface area contributed by atoms with E-state index in [2.05, 4.69) is 31.9 Å². The number of nitrogens with two attached hydrogens (primary N) is 1. The van der Waals surface area contributed by atoms with E-state index >= 15 is 0 Å². The number of anilines is 1. The minimum absolute atomic E-state index is 0.186. The maximum absolute atomic E-state index is 13.1. The molecule has 0 spiro atoms. The third kappa shape index (κ3) is 4.26. The average Bonchev–Trinajstić information content (AvgIpc) is 2.94. The zero-order valence-electron chi connectivity index (χ0n) is 13.9. The molecule has 1 saturated heterocycles.